The van der Waals surface area contributed by atoms with Crippen molar-refractivity contribution in [1.82, 2.24) is 15.0 Å². The van der Waals surface area contributed by atoms with Crippen molar-refractivity contribution in [3.8, 4) is 11.4 Å². The molecule has 2 N–H and O–H groups in total. The Kier molecular flexibility index (Phi) is 3.43. The maximum atomic E-state index is 11.1. The minimum Gasteiger partial charge on any atom is -0.496 e. The molecule has 1 aromatic heterocycles. The Bertz CT molecular complexity index is 608. The van der Waals surface area contributed by atoms with Gasteiger partial charge in [-0.05, 0) is 19.1 Å². The number of ether oxygens (including phenoxy) is 1. The van der Waals surface area contributed by atoms with Crippen LogP contribution in [0.3, 0.4) is 0 Å². The smallest absolute Gasteiger partial charge is 0.298 e. The number of rotatable bonds is 4. The number of benzene rings is 1. The van der Waals surface area contributed by atoms with E-state index in [1.807, 2.05) is 0 Å². The quantitative estimate of drug-likeness (QED) is 0.655. The molecule has 0 bridgehead atoms. The van der Waals surface area contributed by atoms with Gasteiger partial charge in [0.25, 0.3) is 5.69 Å². The van der Waals surface area contributed by atoms with Crippen molar-refractivity contribution >= 4 is 5.69 Å². The first-order valence-electron chi connectivity index (χ1n) is 5.53. The van der Waals surface area contributed by atoms with Gasteiger partial charge in [0.15, 0.2) is 0 Å². The maximum Gasteiger partial charge on any atom is 0.298 e. The van der Waals surface area contributed by atoms with Gasteiger partial charge in [0.2, 0.25) is 0 Å². The second-order valence-electron chi connectivity index (χ2n) is 3.99. The number of nitrogens with two attached hydrogens (primary N) is 1. The van der Waals surface area contributed by atoms with Gasteiger partial charge >= 0.3 is 0 Å². The zero-order valence-electron chi connectivity index (χ0n) is 10.5. The molecule has 8 heteroatoms. The van der Waals surface area contributed by atoms with E-state index in [4.69, 9.17) is 10.5 Å². The van der Waals surface area contributed by atoms with Crippen molar-refractivity contribution in [2.75, 3.05) is 7.11 Å². The van der Waals surface area contributed by atoms with E-state index in [-0.39, 0.29) is 11.7 Å². The number of nitrogens with zero attached hydrogens (tertiary/aromatic N) is 4. The summed E-state index contributed by atoms with van der Waals surface area (Å²) in [5.74, 6) is 0.406. The predicted molar refractivity (Wildman–Crippen MR) is 67.2 cm³/mol. The first kappa shape index (κ1) is 13.0. The molecule has 2 rings (SSSR count). The van der Waals surface area contributed by atoms with E-state index in [1.54, 1.807) is 25.3 Å². The zero-order valence-corrected chi connectivity index (χ0v) is 10.5. The van der Waals surface area contributed by atoms with E-state index in [2.05, 4.69) is 10.3 Å². The fraction of sp³-hybridized carbons (Fsp3) is 0.273. The number of methoxy groups -OCH3 is 1. The van der Waals surface area contributed by atoms with Crippen LogP contribution in [0.5, 0.6) is 5.75 Å². The van der Waals surface area contributed by atoms with E-state index >= 15 is 0 Å². The molecule has 1 atom stereocenters. The molecule has 1 aromatic carbocycles. The third-order valence-corrected chi connectivity index (χ3v) is 2.60. The van der Waals surface area contributed by atoms with Crippen molar-refractivity contribution in [3.05, 3.63) is 40.2 Å². The highest BCUT2D eigenvalue weighted by molar-refractivity contribution is 5.55. The molecule has 0 amide bonds. The summed E-state index contributed by atoms with van der Waals surface area (Å²) in [7, 11) is 1.45. The molecule has 1 unspecified atom stereocenters. The Hall–Kier alpha value is -2.48. The SMILES string of the molecule is COc1ccc(-n2cc(C(C)N)nn2)c([N+](=O)[O-])c1. The van der Waals surface area contributed by atoms with Gasteiger partial charge in [-0.15, -0.1) is 5.10 Å². The highest BCUT2D eigenvalue weighted by Gasteiger charge is 2.18. The second kappa shape index (κ2) is 5.02. The normalized spacial score (nSPS) is 12.2. The van der Waals surface area contributed by atoms with Crippen molar-refractivity contribution in [2.45, 2.75) is 13.0 Å². The highest BCUT2D eigenvalue weighted by Crippen LogP contribution is 2.27. The number of aromatic nitrogens is 3. The van der Waals surface area contributed by atoms with Crippen molar-refractivity contribution < 1.29 is 9.66 Å². The van der Waals surface area contributed by atoms with Gasteiger partial charge in [-0.2, -0.15) is 0 Å². The van der Waals surface area contributed by atoms with E-state index in [0.717, 1.165) is 0 Å². The van der Waals surface area contributed by atoms with Crippen LogP contribution in [0.2, 0.25) is 0 Å². The molecule has 0 radical (unpaired) electrons. The van der Waals surface area contributed by atoms with Crippen LogP contribution in [-0.4, -0.2) is 27.0 Å². The largest absolute Gasteiger partial charge is 0.496 e. The molecule has 0 aliphatic rings. The van der Waals surface area contributed by atoms with Crippen LogP contribution in [0.4, 0.5) is 5.69 Å². The first-order chi connectivity index (χ1) is 9.02. The average molecular weight is 263 g/mol. The van der Waals surface area contributed by atoms with Gasteiger partial charge in [0.05, 0.1) is 30.0 Å². The molecule has 0 saturated heterocycles. The lowest BCUT2D eigenvalue weighted by Crippen LogP contribution is -2.05. The minimum atomic E-state index is -0.495. The average Bonchev–Trinajstić information content (AvgIpc) is 2.87. The number of nitro benzene ring substituents is 1. The molecule has 8 nitrogen and oxygen atoms in total. The Morgan fingerprint density at radius 1 is 1.53 bits per heavy atom. The lowest BCUT2D eigenvalue weighted by molar-refractivity contribution is -0.384. The molecule has 0 aliphatic heterocycles. The highest BCUT2D eigenvalue weighted by atomic mass is 16.6. The molecule has 2 aromatic rings. The molecular weight excluding hydrogens is 250 g/mol. The van der Waals surface area contributed by atoms with Gasteiger partial charge in [-0.1, -0.05) is 5.21 Å². The van der Waals surface area contributed by atoms with Crippen molar-refractivity contribution in [1.29, 1.82) is 0 Å². The van der Waals surface area contributed by atoms with Gasteiger partial charge in [-0.3, -0.25) is 10.1 Å². The maximum absolute atomic E-state index is 11.1. The molecule has 1 heterocycles. The van der Waals surface area contributed by atoms with E-state index in [0.29, 0.717) is 17.1 Å². The van der Waals surface area contributed by atoms with E-state index in [9.17, 15) is 10.1 Å². The summed E-state index contributed by atoms with van der Waals surface area (Å²) in [6, 6.07) is 4.22. The molecule has 0 fully saturated rings. The fourth-order valence-electron chi connectivity index (χ4n) is 1.57. The van der Waals surface area contributed by atoms with Gasteiger partial charge < -0.3 is 10.5 Å². The second-order valence-corrected chi connectivity index (χ2v) is 3.99. The third-order valence-electron chi connectivity index (χ3n) is 2.60. The number of hydrogen-bond acceptors (Lipinski definition) is 6. The molecule has 0 saturated carbocycles. The monoisotopic (exact) mass is 263 g/mol. The van der Waals surface area contributed by atoms with Crippen LogP contribution >= 0.6 is 0 Å². The van der Waals surface area contributed by atoms with Gasteiger partial charge in [-0.25, -0.2) is 4.68 Å². The predicted octanol–water partition coefficient (Wildman–Crippen LogP) is 1.20. The summed E-state index contributed by atoms with van der Waals surface area (Å²) < 4.78 is 6.30. The van der Waals surface area contributed by atoms with E-state index < -0.39 is 4.92 Å². The van der Waals surface area contributed by atoms with Crippen LogP contribution in [0.1, 0.15) is 18.7 Å². The Labute approximate surface area is 108 Å². The summed E-state index contributed by atoms with van der Waals surface area (Å²) in [5, 5.41) is 18.8. The summed E-state index contributed by atoms with van der Waals surface area (Å²) in [4.78, 5) is 10.6. The fourth-order valence-corrected chi connectivity index (χ4v) is 1.57. The van der Waals surface area contributed by atoms with Crippen LogP contribution in [0, 0.1) is 10.1 Å². The molecule has 0 spiro atoms. The van der Waals surface area contributed by atoms with Crippen LogP contribution in [-0.2, 0) is 0 Å². The lowest BCUT2D eigenvalue weighted by Gasteiger charge is -2.04. The van der Waals surface area contributed by atoms with Gasteiger partial charge in [0.1, 0.15) is 11.4 Å². The minimum absolute atomic E-state index is 0.111. The molecule has 0 aliphatic carbocycles. The topological polar surface area (TPSA) is 109 Å². The lowest BCUT2D eigenvalue weighted by atomic mass is 10.2. The van der Waals surface area contributed by atoms with Crippen molar-refractivity contribution in [2.24, 2.45) is 5.73 Å². The summed E-state index contributed by atoms with van der Waals surface area (Å²) >= 11 is 0. The summed E-state index contributed by atoms with van der Waals surface area (Å²) in [5.41, 5.74) is 6.44. The number of hydrogen-bond donors (Lipinski definition) is 1. The van der Waals surface area contributed by atoms with Crippen LogP contribution < -0.4 is 10.5 Å². The third kappa shape index (κ3) is 2.52. The molecular formula is C11H13N5O3. The number of nitro groups is 1. The molecule has 100 valence electrons. The Morgan fingerprint density at radius 3 is 2.79 bits per heavy atom. The van der Waals surface area contributed by atoms with Crippen LogP contribution in [0.15, 0.2) is 24.4 Å². The van der Waals surface area contributed by atoms with Crippen molar-refractivity contribution in [3.63, 3.8) is 0 Å². The zero-order chi connectivity index (χ0) is 14.0. The van der Waals surface area contributed by atoms with Gasteiger partial charge in [0, 0.05) is 6.04 Å². The van der Waals surface area contributed by atoms with Crippen LogP contribution in [0.25, 0.3) is 5.69 Å². The summed E-state index contributed by atoms with van der Waals surface area (Å²) in [6.07, 6.45) is 1.57. The Morgan fingerprint density at radius 2 is 2.26 bits per heavy atom. The summed E-state index contributed by atoms with van der Waals surface area (Å²) in [6.45, 7) is 1.76. The Balaban J connectivity index is 2.51. The van der Waals surface area contributed by atoms with E-state index in [1.165, 1.54) is 17.9 Å². The first-order valence-corrected chi connectivity index (χ1v) is 5.53. The molecule has 19 heavy (non-hydrogen) atoms. The standard InChI is InChI=1S/C11H13N5O3/c1-7(12)9-6-15(14-13-9)10-4-3-8(19-2)5-11(10)16(17)18/h3-7H,12H2,1-2H3.